The van der Waals surface area contributed by atoms with Gasteiger partial charge in [-0.25, -0.2) is 0 Å². The number of hydrogen-bond donors (Lipinski definition) is 4. The lowest BCUT2D eigenvalue weighted by molar-refractivity contribution is 0.0994. The summed E-state index contributed by atoms with van der Waals surface area (Å²) in [6.45, 7) is 0.248. The van der Waals surface area contributed by atoms with Crippen molar-refractivity contribution in [3.63, 3.8) is 0 Å². The Kier molecular flexibility index (Phi) is 6.81. The fourth-order valence-electron chi connectivity index (χ4n) is 2.90. The molecule has 9 heteroatoms. The van der Waals surface area contributed by atoms with Gasteiger partial charge in [0.05, 0.1) is 0 Å². The predicted molar refractivity (Wildman–Crippen MR) is 123 cm³/mol. The molecule has 0 atom stereocenters. The van der Waals surface area contributed by atoms with Crippen LogP contribution in [0.25, 0.3) is 11.1 Å². The van der Waals surface area contributed by atoms with Gasteiger partial charge in [0.25, 0.3) is 11.8 Å². The maximum absolute atomic E-state index is 12.0. The first-order valence-electron chi connectivity index (χ1n) is 9.52. The largest absolute Gasteiger partial charge is 0.489 e. The summed E-state index contributed by atoms with van der Waals surface area (Å²) in [7, 11) is 0. The zero-order valence-corrected chi connectivity index (χ0v) is 17.1. The molecule has 9 nitrogen and oxygen atoms in total. The first-order valence-corrected chi connectivity index (χ1v) is 9.52. The first-order chi connectivity index (χ1) is 15.3. The highest BCUT2D eigenvalue weighted by molar-refractivity contribution is 6.02. The number of benzene rings is 3. The minimum absolute atomic E-state index is 0.248. The molecule has 0 heterocycles. The summed E-state index contributed by atoms with van der Waals surface area (Å²) < 4.78 is 5.88. The van der Waals surface area contributed by atoms with Gasteiger partial charge in [0.1, 0.15) is 12.4 Å². The van der Waals surface area contributed by atoms with E-state index in [0.29, 0.717) is 16.9 Å². The fraction of sp³-hybridized carbons (Fsp3) is 0.0435. The molecule has 3 rings (SSSR count). The van der Waals surface area contributed by atoms with E-state index in [1.165, 1.54) is 0 Å². The zero-order valence-electron chi connectivity index (χ0n) is 17.1. The molecule has 0 aromatic heterocycles. The van der Waals surface area contributed by atoms with Crippen molar-refractivity contribution in [1.82, 2.24) is 0 Å². The van der Waals surface area contributed by atoms with Crippen molar-refractivity contribution < 1.29 is 14.3 Å². The number of amides is 2. The summed E-state index contributed by atoms with van der Waals surface area (Å²) in [6.07, 6.45) is 0. The summed E-state index contributed by atoms with van der Waals surface area (Å²) in [5.41, 5.74) is 24.3. The van der Waals surface area contributed by atoms with Crippen molar-refractivity contribution in [2.24, 2.45) is 32.9 Å². The van der Waals surface area contributed by atoms with Gasteiger partial charge < -0.3 is 27.7 Å². The van der Waals surface area contributed by atoms with E-state index in [2.05, 4.69) is 9.98 Å². The van der Waals surface area contributed by atoms with Crippen molar-refractivity contribution in [2.75, 3.05) is 0 Å². The van der Waals surface area contributed by atoms with Gasteiger partial charge in [-0.3, -0.25) is 9.59 Å². The van der Waals surface area contributed by atoms with Crippen LogP contribution in [-0.2, 0) is 6.61 Å². The minimum Gasteiger partial charge on any atom is -0.489 e. The second-order valence-corrected chi connectivity index (χ2v) is 6.78. The SMILES string of the molecule is NC(N)=NC(=O)c1ccc(-c2cccc(OCc3cccc(C(=O)N=C(N)N)c3)c2)cc1. The molecule has 8 N–H and O–H groups in total. The summed E-state index contributed by atoms with van der Waals surface area (Å²) in [5.74, 6) is -0.953. The van der Waals surface area contributed by atoms with E-state index in [9.17, 15) is 9.59 Å². The molecule has 3 aromatic rings. The summed E-state index contributed by atoms with van der Waals surface area (Å²) in [6, 6.07) is 21.3. The molecule has 0 aliphatic rings. The normalized spacial score (nSPS) is 10.1. The Morgan fingerprint density at radius 1 is 0.688 bits per heavy atom. The van der Waals surface area contributed by atoms with Gasteiger partial charge in [0.2, 0.25) is 0 Å². The lowest BCUT2D eigenvalue weighted by atomic mass is 10.0. The highest BCUT2D eigenvalue weighted by atomic mass is 16.5. The molecule has 0 radical (unpaired) electrons. The Morgan fingerprint density at radius 3 is 1.97 bits per heavy atom. The van der Waals surface area contributed by atoms with Crippen molar-refractivity contribution in [3.8, 4) is 16.9 Å². The Balaban J connectivity index is 1.71. The van der Waals surface area contributed by atoms with Crippen LogP contribution in [0.5, 0.6) is 5.75 Å². The quantitative estimate of drug-likeness (QED) is 0.340. The van der Waals surface area contributed by atoms with Gasteiger partial charge in [0, 0.05) is 11.1 Å². The third-order valence-electron chi connectivity index (χ3n) is 4.34. The third kappa shape index (κ3) is 5.92. The lowest BCUT2D eigenvalue weighted by Crippen LogP contribution is -2.24. The second kappa shape index (κ2) is 9.90. The number of nitrogens with zero attached hydrogens (tertiary/aromatic N) is 2. The molecule has 0 fully saturated rings. The number of aliphatic imine (C=N–C) groups is 2. The van der Waals surface area contributed by atoms with Crippen LogP contribution in [0.4, 0.5) is 0 Å². The number of carbonyl (C=O) groups is 2. The fourth-order valence-corrected chi connectivity index (χ4v) is 2.90. The molecule has 0 saturated carbocycles. The third-order valence-corrected chi connectivity index (χ3v) is 4.34. The Morgan fingerprint density at radius 2 is 1.31 bits per heavy atom. The van der Waals surface area contributed by atoms with Crippen molar-refractivity contribution in [1.29, 1.82) is 0 Å². The Hall–Kier alpha value is -4.66. The Labute approximate surface area is 184 Å². The van der Waals surface area contributed by atoms with E-state index < -0.39 is 11.8 Å². The number of carbonyl (C=O) groups excluding carboxylic acids is 2. The van der Waals surface area contributed by atoms with Crippen molar-refractivity contribution in [3.05, 3.63) is 89.5 Å². The Bertz CT molecular complexity index is 1190. The minimum atomic E-state index is -0.518. The average Bonchev–Trinajstić information content (AvgIpc) is 2.77. The van der Waals surface area contributed by atoms with Gasteiger partial charge >= 0.3 is 0 Å². The highest BCUT2D eigenvalue weighted by Crippen LogP contribution is 2.25. The highest BCUT2D eigenvalue weighted by Gasteiger charge is 2.08. The van der Waals surface area contributed by atoms with Crippen LogP contribution < -0.4 is 27.7 Å². The van der Waals surface area contributed by atoms with Gasteiger partial charge in [-0.2, -0.15) is 9.98 Å². The number of hydrogen-bond acceptors (Lipinski definition) is 3. The smallest absolute Gasteiger partial charge is 0.280 e. The molecule has 0 unspecified atom stereocenters. The van der Waals surface area contributed by atoms with E-state index in [-0.39, 0.29) is 18.5 Å². The second-order valence-electron chi connectivity index (χ2n) is 6.78. The molecule has 0 bridgehead atoms. The van der Waals surface area contributed by atoms with E-state index in [4.69, 9.17) is 27.7 Å². The van der Waals surface area contributed by atoms with Crippen LogP contribution in [0.3, 0.4) is 0 Å². The van der Waals surface area contributed by atoms with Crippen LogP contribution >= 0.6 is 0 Å². The maximum atomic E-state index is 12.0. The zero-order chi connectivity index (χ0) is 23.1. The van der Waals surface area contributed by atoms with Crippen LogP contribution in [0.1, 0.15) is 26.3 Å². The molecule has 0 saturated heterocycles. The predicted octanol–water partition coefficient (Wildman–Crippen LogP) is 1.76. The van der Waals surface area contributed by atoms with Crippen LogP contribution in [0.15, 0.2) is 82.8 Å². The number of ether oxygens (including phenoxy) is 1. The summed E-state index contributed by atoms with van der Waals surface area (Å²) >= 11 is 0. The monoisotopic (exact) mass is 430 g/mol. The summed E-state index contributed by atoms with van der Waals surface area (Å²) in [5, 5.41) is 0. The van der Waals surface area contributed by atoms with Crippen molar-refractivity contribution in [2.45, 2.75) is 6.61 Å². The number of rotatable bonds is 6. The lowest BCUT2D eigenvalue weighted by Gasteiger charge is -2.09. The molecular formula is C23H22N6O3. The van der Waals surface area contributed by atoms with E-state index >= 15 is 0 Å². The van der Waals surface area contributed by atoms with E-state index in [1.807, 2.05) is 30.3 Å². The molecule has 0 aliphatic heterocycles. The molecule has 3 aromatic carbocycles. The average molecular weight is 430 g/mol. The molecule has 32 heavy (non-hydrogen) atoms. The molecule has 0 spiro atoms. The topological polar surface area (TPSA) is 172 Å². The van der Waals surface area contributed by atoms with Crippen LogP contribution in [0.2, 0.25) is 0 Å². The molecule has 162 valence electrons. The van der Waals surface area contributed by atoms with E-state index in [0.717, 1.165) is 16.7 Å². The van der Waals surface area contributed by atoms with Gasteiger partial charge in [-0.15, -0.1) is 0 Å². The van der Waals surface area contributed by atoms with Gasteiger partial charge in [-0.1, -0.05) is 36.4 Å². The van der Waals surface area contributed by atoms with Crippen LogP contribution in [0, 0.1) is 0 Å². The standard InChI is InChI=1S/C23H22N6O3/c24-22(25)28-20(30)16-9-7-15(8-10-16)17-4-2-6-19(12-17)32-13-14-3-1-5-18(11-14)21(31)29-23(26)27/h1-12H,13H2,(H4,24,25,28,30)(H4,26,27,29,31). The summed E-state index contributed by atoms with van der Waals surface area (Å²) in [4.78, 5) is 30.9. The van der Waals surface area contributed by atoms with Crippen molar-refractivity contribution >= 4 is 23.7 Å². The van der Waals surface area contributed by atoms with Gasteiger partial charge in [0.15, 0.2) is 11.9 Å². The van der Waals surface area contributed by atoms with Crippen LogP contribution in [-0.4, -0.2) is 23.7 Å². The first kappa shape index (κ1) is 22.0. The number of nitrogens with two attached hydrogens (primary N) is 4. The molecular weight excluding hydrogens is 408 g/mol. The van der Waals surface area contributed by atoms with E-state index in [1.54, 1.807) is 42.5 Å². The molecule has 0 aliphatic carbocycles. The molecule has 2 amide bonds. The number of guanidine groups is 2. The maximum Gasteiger partial charge on any atom is 0.280 e. The van der Waals surface area contributed by atoms with Gasteiger partial charge in [-0.05, 0) is 53.1 Å².